The molecule has 33 heavy (non-hydrogen) atoms. The standard InChI is InChI=1S/C25H26N4O4/c1-16-14-28(20-10-11-32-22-7-5-4-6-19(20)22)25(30)24(33-16)13-18-8-9-21(23(12-18)31-3)29-15-26-17(2)27-29/h4-9,12-13,15-16,20H,10-11,14H2,1-3H3/t16-,20+/m1/s1. The number of aromatic nitrogens is 3. The van der Waals surface area contributed by atoms with Gasteiger partial charge in [-0.2, -0.15) is 5.10 Å². The summed E-state index contributed by atoms with van der Waals surface area (Å²) in [6.07, 6.45) is 4.05. The molecule has 1 amide bonds. The molecule has 8 heteroatoms. The van der Waals surface area contributed by atoms with Gasteiger partial charge in [0.25, 0.3) is 5.91 Å². The van der Waals surface area contributed by atoms with Gasteiger partial charge in [-0.05, 0) is 43.7 Å². The summed E-state index contributed by atoms with van der Waals surface area (Å²) in [6, 6.07) is 13.6. The summed E-state index contributed by atoms with van der Waals surface area (Å²) in [5.41, 5.74) is 2.61. The lowest BCUT2D eigenvalue weighted by molar-refractivity contribution is -0.142. The van der Waals surface area contributed by atoms with Crippen LogP contribution in [0.4, 0.5) is 0 Å². The number of amides is 1. The van der Waals surface area contributed by atoms with Gasteiger partial charge in [-0.15, -0.1) is 0 Å². The largest absolute Gasteiger partial charge is 0.494 e. The molecule has 5 rings (SSSR count). The SMILES string of the molecule is COc1cc(C=C2O[C@H](C)CN([C@H]3CCOc4ccccc43)C2=O)ccc1-n1cnc(C)n1. The first kappa shape index (κ1) is 21.1. The van der Waals surface area contributed by atoms with Crippen molar-refractivity contribution in [2.24, 2.45) is 0 Å². The Kier molecular flexibility index (Phi) is 5.50. The van der Waals surface area contributed by atoms with Crippen molar-refractivity contribution in [1.82, 2.24) is 19.7 Å². The zero-order valence-corrected chi connectivity index (χ0v) is 18.9. The van der Waals surface area contributed by atoms with Gasteiger partial charge in [-0.25, -0.2) is 9.67 Å². The highest BCUT2D eigenvalue weighted by Gasteiger charge is 2.37. The van der Waals surface area contributed by atoms with E-state index >= 15 is 0 Å². The topological polar surface area (TPSA) is 78.7 Å². The molecule has 2 aliphatic heterocycles. The number of aryl methyl sites for hydroxylation is 1. The van der Waals surface area contributed by atoms with Crippen LogP contribution in [0.25, 0.3) is 11.8 Å². The quantitative estimate of drug-likeness (QED) is 0.569. The molecule has 170 valence electrons. The molecule has 0 spiro atoms. The molecule has 0 unspecified atom stereocenters. The number of methoxy groups -OCH3 is 1. The first-order valence-corrected chi connectivity index (χ1v) is 11.0. The molecule has 3 aromatic rings. The number of nitrogens with zero attached hydrogens (tertiary/aromatic N) is 4. The van der Waals surface area contributed by atoms with E-state index in [2.05, 4.69) is 10.1 Å². The number of carbonyl (C=O) groups is 1. The summed E-state index contributed by atoms with van der Waals surface area (Å²) in [5, 5.41) is 4.35. The van der Waals surface area contributed by atoms with Crippen molar-refractivity contribution >= 4 is 12.0 Å². The smallest absolute Gasteiger partial charge is 0.289 e. The fourth-order valence-corrected chi connectivity index (χ4v) is 4.40. The number of benzene rings is 2. The zero-order valence-electron chi connectivity index (χ0n) is 18.9. The zero-order chi connectivity index (χ0) is 22.9. The molecule has 1 saturated heterocycles. The maximum Gasteiger partial charge on any atom is 0.289 e. The minimum absolute atomic E-state index is 0.0373. The number of morpholine rings is 1. The van der Waals surface area contributed by atoms with Crippen molar-refractivity contribution in [3.8, 4) is 17.2 Å². The normalized spacial score (nSPS) is 21.4. The lowest BCUT2D eigenvalue weighted by Crippen LogP contribution is -2.47. The number of hydrogen-bond donors (Lipinski definition) is 0. The summed E-state index contributed by atoms with van der Waals surface area (Å²) < 4.78 is 19.0. The van der Waals surface area contributed by atoms with E-state index in [0.717, 1.165) is 29.0 Å². The lowest BCUT2D eigenvalue weighted by atomic mass is 9.97. The van der Waals surface area contributed by atoms with E-state index < -0.39 is 0 Å². The molecule has 0 aliphatic carbocycles. The van der Waals surface area contributed by atoms with Gasteiger partial charge >= 0.3 is 0 Å². The summed E-state index contributed by atoms with van der Waals surface area (Å²) >= 11 is 0. The number of carbonyl (C=O) groups excluding carboxylic acids is 1. The van der Waals surface area contributed by atoms with Gasteiger partial charge in [0.15, 0.2) is 5.76 Å². The average Bonchev–Trinajstić information content (AvgIpc) is 3.26. The summed E-state index contributed by atoms with van der Waals surface area (Å²) in [4.78, 5) is 19.6. The third-order valence-corrected chi connectivity index (χ3v) is 5.91. The molecule has 2 aromatic carbocycles. The fourth-order valence-electron chi connectivity index (χ4n) is 4.40. The second kappa shape index (κ2) is 8.61. The van der Waals surface area contributed by atoms with Gasteiger partial charge in [-0.1, -0.05) is 24.3 Å². The first-order chi connectivity index (χ1) is 16.0. The van der Waals surface area contributed by atoms with E-state index in [4.69, 9.17) is 14.2 Å². The predicted molar refractivity (Wildman–Crippen MR) is 122 cm³/mol. The molecular weight excluding hydrogens is 420 g/mol. The molecule has 0 bridgehead atoms. The molecule has 1 fully saturated rings. The number of hydrogen-bond acceptors (Lipinski definition) is 6. The maximum absolute atomic E-state index is 13.5. The van der Waals surface area contributed by atoms with Crippen LogP contribution in [0.5, 0.6) is 11.5 Å². The van der Waals surface area contributed by atoms with Crippen LogP contribution in [0.15, 0.2) is 54.6 Å². The van der Waals surface area contributed by atoms with Crippen LogP contribution in [0.2, 0.25) is 0 Å². The fraction of sp³-hybridized carbons (Fsp3) is 0.320. The van der Waals surface area contributed by atoms with Gasteiger partial charge in [0.1, 0.15) is 35.4 Å². The van der Waals surface area contributed by atoms with E-state index in [0.29, 0.717) is 30.5 Å². The lowest BCUT2D eigenvalue weighted by Gasteiger charge is -2.40. The summed E-state index contributed by atoms with van der Waals surface area (Å²) in [6.45, 7) is 4.93. The molecule has 0 N–H and O–H groups in total. The van der Waals surface area contributed by atoms with Crippen LogP contribution in [0.1, 0.15) is 36.3 Å². The van der Waals surface area contributed by atoms with Gasteiger partial charge in [0.2, 0.25) is 0 Å². The van der Waals surface area contributed by atoms with Crippen LogP contribution in [0.3, 0.4) is 0 Å². The number of para-hydroxylation sites is 1. The molecule has 1 aromatic heterocycles. The van der Waals surface area contributed by atoms with Crippen LogP contribution in [-0.2, 0) is 9.53 Å². The van der Waals surface area contributed by atoms with E-state index in [1.807, 2.05) is 61.2 Å². The minimum Gasteiger partial charge on any atom is -0.494 e. The second-order valence-electron chi connectivity index (χ2n) is 8.25. The minimum atomic E-state index is -0.122. The van der Waals surface area contributed by atoms with Crippen molar-refractivity contribution in [3.05, 3.63) is 71.5 Å². The predicted octanol–water partition coefficient (Wildman–Crippen LogP) is 3.70. The summed E-state index contributed by atoms with van der Waals surface area (Å²) in [5.74, 6) is 2.35. The van der Waals surface area contributed by atoms with Crippen LogP contribution in [0, 0.1) is 6.92 Å². The Morgan fingerprint density at radius 3 is 2.85 bits per heavy atom. The van der Waals surface area contributed by atoms with Crippen LogP contribution >= 0.6 is 0 Å². The van der Waals surface area contributed by atoms with Gasteiger partial charge < -0.3 is 19.1 Å². The highest BCUT2D eigenvalue weighted by atomic mass is 16.5. The van der Waals surface area contributed by atoms with E-state index in [1.165, 1.54) is 0 Å². The Bertz CT molecular complexity index is 1220. The Morgan fingerprint density at radius 2 is 2.06 bits per heavy atom. The maximum atomic E-state index is 13.5. The monoisotopic (exact) mass is 446 g/mol. The Balaban J connectivity index is 1.46. The average molecular weight is 447 g/mol. The van der Waals surface area contributed by atoms with Gasteiger partial charge in [0, 0.05) is 12.0 Å². The van der Waals surface area contributed by atoms with Crippen molar-refractivity contribution in [3.63, 3.8) is 0 Å². The van der Waals surface area contributed by atoms with E-state index in [9.17, 15) is 4.79 Å². The molecule has 0 saturated carbocycles. The Morgan fingerprint density at radius 1 is 1.21 bits per heavy atom. The number of ether oxygens (including phenoxy) is 3. The van der Waals surface area contributed by atoms with E-state index in [-0.39, 0.29) is 18.1 Å². The van der Waals surface area contributed by atoms with Gasteiger partial charge in [-0.3, -0.25) is 4.79 Å². The number of rotatable bonds is 4. The molecule has 3 heterocycles. The Labute approximate surface area is 192 Å². The van der Waals surface area contributed by atoms with Crippen molar-refractivity contribution in [1.29, 1.82) is 0 Å². The highest BCUT2D eigenvalue weighted by Crippen LogP contribution is 2.38. The van der Waals surface area contributed by atoms with Crippen molar-refractivity contribution in [2.45, 2.75) is 32.4 Å². The van der Waals surface area contributed by atoms with Crippen LogP contribution in [-0.4, -0.2) is 51.9 Å². The first-order valence-electron chi connectivity index (χ1n) is 11.0. The molecule has 8 nitrogen and oxygen atoms in total. The second-order valence-corrected chi connectivity index (χ2v) is 8.25. The van der Waals surface area contributed by atoms with Crippen molar-refractivity contribution < 1.29 is 19.0 Å². The third-order valence-electron chi connectivity index (χ3n) is 5.91. The summed E-state index contributed by atoms with van der Waals surface area (Å²) in [7, 11) is 1.61. The van der Waals surface area contributed by atoms with Crippen LogP contribution < -0.4 is 9.47 Å². The molecule has 2 aliphatic rings. The third kappa shape index (κ3) is 4.04. The molecule has 0 radical (unpaired) electrons. The van der Waals surface area contributed by atoms with E-state index in [1.54, 1.807) is 24.2 Å². The highest BCUT2D eigenvalue weighted by molar-refractivity contribution is 5.97. The Hall–Kier alpha value is -3.81. The number of fused-ring (bicyclic) bond motifs is 1. The van der Waals surface area contributed by atoms with Crippen molar-refractivity contribution in [2.75, 3.05) is 20.3 Å². The van der Waals surface area contributed by atoms with Gasteiger partial charge in [0.05, 0.1) is 26.3 Å². The molecule has 2 atom stereocenters. The molecular formula is C25H26N4O4.